The molecule has 0 aromatic rings. The number of hydrogen-bond donors (Lipinski definition) is 2. The predicted octanol–water partition coefficient (Wildman–Crippen LogP) is 2.01. The topological polar surface area (TPSA) is 69.6 Å². The molecule has 1 amide bonds. The first-order valence-corrected chi connectivity index (χ1v) is 7.73. The zero-order valence-corrected chi connectivity index (χ0v) is 12.9. The molecule has 3 atom stereocenters. The Hall–Kier alpha value is -1.10. The number of carboxylic acids is 1. The summed E-state index contributed by atoms with van der Waals surface area (Å²) in [6, 6.07) is -0.0832. The molecule has 1 aliphatic heterocycles. The van der Waals surface area contributed by atoms with Crippen LogP contribution in [-0.4, -0.2) is 46.6 Å². The molecule has 1 rings (SSSR count). The smallest absolute Gasteiger partial charge is 0.304 e. The molecule has 116 valence electrons. The number of carbonyl (C=O) groups is 2. The average molecular weight is 284 g/mol. The maximum absolute atomic E-state index is 12.3. The first kappa shape index (κ1) is 17.0. The fourth-order valence-corrected chi connectivity index (χ4v) is 2.97. The maximum atomic E-state index is 12.3. The molecule has 5 heteroatoms. The largest absolute Gasteiger partial charge is 0.481 e. The SMILES string of the molecule is CCCC(C)NC(=O)C(C)N1CCCCC1CC(=O)O. The molecule has 0 aromatic heterocycles. The van der Waals surface area contributed by atoms with E-state index in [1.165, 1.54) is 0 Å². The van der Waals surface area contributed by atoms with Gasteiger partial charge in [-0.1, -0.05) is 19.8 Å². The standard InChI is InChI=1S/C15H28N2O3/c1-4-7-11(2)16-15(20)12(3)17-9-6-5-8-13(17)10-14(18)19/h11-13H,4-10H2,1-3H3,(H,16,20)(H,18,19). The van der Waals surface area contributed by atoms with Crippen LogP contribution in [0.2, 0.25) is 0 Å². The van der Waals surface area contributed by atoms with Gasteiger partial charge in [0, 0.05) is 12.1 Å². The summed E-state index contributed by atoms with van der Waals surface area (Å²) in [5.41, 5.74) is 0. The third-order valence-corrected chi connectivity index (χ3v) is 4.07. The van der Waals surface area contributed by atoms with Crippen LogP contribution in [0.15, 0.2) is 0 Å². The lowest BCUT2D eigenvalue weighted by atomic mass is 9.97. The quantitative estimate of drug-likeness (QED) is 0.750. The molecule has 0 aromatic carbocycles. The molecule has 0 radical (unpaired) electrons. The van der Waals surface area contributed by atoms with Crippen molar-refractivity contribution in [1.29, 1.82) is 0 Å². The highest BCUT2D eigenvalue weighted by Gasteiger charge is 2.31. The number of nitrogens with one attached hydrogen (secondary N) is 1. The Kier molecular flexibility index (Phi) is 6.99. The minimum absolute atomic E-state index is 0.0107. The molecule has 0 spiro atoms. The lowest BCUT2D eigenvalue weighted by molar-refractivity contribution is -0.140. The molecule has 1 fully saturated rings. The number of aliphatic carboxylic acids is 1. The molecular formula is C15H28N2O3. The normalized spacial score (nSPS) is 23.1. The van der Waals surface area contributed by atoms with E-state index in [1.807, 2.05) is 13.8 Å². The van der Waals surface area contributed by atoms with Gasteiger partial charge in [-0.05, 0) is 39.7 Å². The number of carbonyl (C=O) groups excluding carboxylic acids is 1. The zero-order valence-electron chi connectivity index (χ0n) is 12.9. The van der Waals surface area contributed by atoms with Crippen LogP contribution < -0.4 is 5.32 Å². The van der Waals surface area contributed by atoms with Gasteiger partial charge in [-0.2, -0.15) is 0 Å². The van der Waals surface area contributed by atoms with Gasteiger partial charge in [-0.3, -0.25) is 14.5 Å². The van der Waals surface area contributed by atoms with Crippen LogP contribution in [-0.2, 0) is 9.59 Å². The highest BCUT2D eigenvalue weighted by Crippen LogP contribution is 2.22. The Labute approximate surface area is 121 Å². The van der Waals surface area contributed by atoms with E-state index in [0.29, 0.717) is 0 Å². The molecule has 20 heavy (non-hydrogen) atoms. The number of hydrogen-bond acceptors (Lipinski definition) is 3. The number of nitrogens with zero attached hydrogens (tertiary/aromatic N) is 1. The molecule has 5 nitrogen and oxygen atoms in total. The van der Waals surface area contributed by atoms with Gasteiger partial charge in [0.1, 0.15) is 0 Å². The fraction of sp³-hybridized carbons (Fsp3) is 0.867. The van der Waals surface area contributed by atoms with E-state index in [1.54, 1.807) is 0 Å². The van der Waals surface area contributed by atoms with Crippen molar-refractivity contribution in [1.82, 2.24) is 10.2 Å². The van der Waals surface area contributed by atoms with Crippen molar-refractivity contribution >= 4 is 11.9 Å². The Bertz CT molecular complexity index is 333. The van der Waals surface area contributed by atoms with E-state index in [0.717, 1.165) is 38.6 Å². The van der Waals surface area contributed by atoms with E-state index in [-0.39, 0.29) is 30.5 Å². The van der Waals surface area contributed by atoms with Crippen molar-refractivity contribution in [3.05, 3.63) is 0 Å². The minimum atomic E-state index is -0.783. The van der Waals surface area contributed by atoms with Gasteiger partial charge in [0.15, 0.2) is 0 Å². The van der Waals surface area contributed by atoms with E-state index in [2.05, 4.69) is 17.1 Å². The summed E-state index contributed by atoms with van der Waals surface area (Å²) in [6.45, 7) is 6.81. The van der Waals surface area contributed by atoms with E-state index in [4.69, 9.17) is 5.11 Å². The van der Waals surface area contributed by atoms with Crippen LogP contribution in [0.3, 0.4) is 0 Å². The Balaban J connectivity index is 2.59. The highest BCUT2D eigenvalue weighted by molar-refractivity contribution is 5.81. The van der Waals surface area contributed by atoms with Gasteiger partial charge in [0.25, 0.3) is 0 Å². The van der Waals surface area contributed by atoms with Crippen molar-refractivity contribution in [3.63, 3.8) is 0 Å². The highest BCUT2D eigenvalue weighted by atomic mass is 16.4. The number of carboxylic acid groups (broad SMARTS) is 1. The molecular weight excluding hydrogens is 256 g/mol. The van der Waals surface area contributed by atoms with E-state index >= 15 is 0 Å². The van der Waals surface area contributed by atoms with E-state index in [9.17, 15) is 9.59 Å². The van der Waals surface area contributed by atoms with Crippen LogP contribution in [0, 0.1) is 0 Å². The fourth-order valence-electron chi connectivity index (χ4n) is 2.97. The lowest BCUT2D eigenvalue weighted by Gasteiger charge is -2.38. The van der Waals surface area contributed by atoms with Crippen LogP contribution in [0.1, 0.15) is 59.3 Å². The second-order valence-electron chi connectivity index (χ2n) is 5.86. The van der Waals surface area contributed by atoms with Gasteiger partial charge < -0.3 is 10.4 Å². The molecule has 2 N–H and O–H groups in total. The molecule has 0 saturated carbocycles. The zero-order chi connectivity index (χ0) is 15.1. The van der Waals surface area contributed by atoms with Crippen LogP contribution in [0.5, 0.6) is 0 Å². The molecule has 0 bridgehead atoms. The number of piperidine rings is 1. The van der Waals surface area contributed by atoms with Crippen LogP contribution in [0.4, 0.5) is 0 Å². The first-order valence-electron chi connectivity index (χ1n) is 7.73. The van der Waals surface area contributed by atoms with Gasteiger partial charge in [0.05, 0.1) is 12.5 Å². The van der Waals surface area contributed by atoms with Crippen molar-refractivity contribution in [2.75, 3.05) is 6.54 Å². The average Bonchev–Trinajstić information content (AvgIpc) is 2.38. The Morgan fingerprint density at radius 2 is 2.05 bits per heavy atom. The summed E-state index contributed by atoms with van der Waals surface area (Å²) < 4.78 is 0. The van der Waals surface area contributed by atoms with Gasteiger partial charge in [0.2, 0.25) is 5.91 Å². The van der Waals surface area contributed by atoms with Crippen molar-refractivity contribution < 1.29 is 14.7 Å². The summed E-state index contributed by atoms with van der Waals surface area (Å²) in [5, 5.41) is 12.0. The predicted molar refractivity (Wildman–Crippen MR) is 78.6 cm³/mol. The maximum Gasteiger partial charge on any atom is 0.304 e. The molecule has 1 heterocycles. The van der Waals surface area contributed by atoms with Gasteiger partial charge in [-0.25, -0.2) is 0 Å². The molecule has 3 unspecified atom stereocenters. The van der Waals surface area contributed by atoms with Crippen molar-refractivity contribution in [2.45, 2.75) is 77.4 Å². The third-order valence-electron chi connectivity index (χ3n) is 4.07. The van der Waals surface area contributed by atoms with Crippen LogP contribution in [0.25, 0.3) is 0 Å². The first-order chi connectivity index (χ1) is 9.45. The number of rotatable bonds is 7. The number of amides is 1. The molecule has 1 saturated heterocycles. The monoisotopic (exact) mass is 284 g/mol. The number of likely N-dealkylation sites (tertiary alicyclic amines) is 1. The lowest BCUT2D eigenvalue weighted by Crippen LogP contribution is -2.53. The summed E-state index contributed by atoms with van der Waals surface area (Å²) >= 11 is 0. The second kappa shape index (κ2) is 8.25. The third kappa shape index (κ3) is 5.12. The van der Waals surface area contributed by atoms with Gasteiger partial charge >= 0.3 is 5.97 Å². The summed E-state index contributed by atoms with van der Waals surface area (Å²) in [4.78, 5) is 25.3. The summed E-state index contributed by atoms with van der Waals surface area (Å²) in [6.07, 6.45) is 5.10. The summed E-state index contributed by atoms with van der Waals surface area (Å²) in [7, 11) is 0. The second-order valence-corrected chi connectivity index (χ2v) is 5.86. The van der Waals surface area contributed by atoms with Gasteiger partial charge in [-0.15, -0.1) is 0 Å². The Morgan fingerprint density at radius 1 is 1.35 bits per heavy atom. The van der Waals surface area contributed by atoms with Crippen molar-refractivity contribution in [3.8, 4) is 0 Å². The molecule has 1 aliphatic rings. The minimum Gasteiger partial charge on any atom is -0.481 e. The Morgan fingerprint density at radius 3 is 2.65 bits per heavy atom. The van der Waals surface area contributed by atoms with E-state index < -0.39 is 5.97 Å². The van der Waals surface area contributed by atoms with Crippen LogP contribution >= 0.6 is 0 Å². The summed E-state index contributed by atoms with van der Waals surface area (Å²) in [5.74, 6) is -0.767. The van der Waals surface area contributed by atoms with Crippen molar-refractivity contribution in [2.24, 2.45) is 0 Å². The molecule has 0 aliphatic carbocycles.